The van der Waals surface area contributed by atoms with E-state index in [1.54, 1.807) is 10.7 Å². The van der Waals surface area contributed by atoms with Crippen molar-refractivity contribution in [3.63, 3.8) is 0 Å². The van der Waals surface area contributed by atoms with Crippen LogP contribution < -0.4 is 5.73 Å². The summed E-state index contributed by atoms with van der Waals surface area (Å²) in [5, 5.41) is 4.21. The Hall–Kier alpha value is -1.88. The highest BCUT2D eigenvalue weighted by Crippen LogP contribution is 2.19. The highest BCUT2D eigenvalue weighted by molar-refractivity contribution is 6.00. The molecule has 1 fully saturated rings. The van der Waals surface area contributed by atoms with E-state index in [9.17, 15) is 4.79 Å². The summed E-state index contributed by atoms with van der Waals surface area (Å²) in [6.07, 6.45) is 5.52. The Morgan fingerprint density at radius 3 is 2.89 bits per heavy atom. The third-order valence-corrected chi connectivity index (χ3v) is 3.89. The molecule has 3 heterocycles. The quantitative estimate of drug-likeness (QED) is 0.878. The smallest absolute Gasteiger partial charge is 0.257 e. The molecular weight excluding hydrogens is 240 g/mol. The molecule has 1 saturated heterocycles. The second-order valence-electron chi connectivity index (χ2n) is 5.06. The molecule has 2 aromatic rings. The van der Waals surface area contributed by atoms with Gasteiger partial charge in [0.05, 0.1) is 17.3 Å². The molecule has 5 nitrogen and oxygen atoms in total. The van der Waals surface area contributed by atoms with Crippen LogP contribution in [0.5, 0.6) is 0 Å². The van der Waals surface area contributed by atoms with E-state index in [0.717, 1.165) is 38.0 Å². The number of amides is 1. The number of carbonyl (C=O) groups is 1. The van der Waals surface area contributed by atoms with Gasteiger partial charge in [-0.1, -0.05) is 6.07 Å². The first-order valence-electron chi connectivity index (χ1n) is 6.71. The Morgan fingerprint density at radius 1 is 1.37 bits per heavy atom. The topological polar surface area (TPSA) is 63.6 Å². The lowest BCUT2D eigenvalue weighted by Gasteiger charge is -2.31. The number of hydrogen-bond acceptors (Lipinski definition) is 3. The molecule has 0 aromatic carbocycles. The first-order valence-corrected chi connectivity index (χ1v) is 6.71. The van der Waals surface area contributed by atoms with Crippen molar-refractivity contribution in [2.75, 3.05) is 19.6 Å². The molecule has 2 aromatic heterocycles. The lowest BCUT2D eigenvalue weighted by Crippen LogP contribution is -2.40. The average molecular weight is 258 g/mol. The summed E-state index contributed by atoms with van der Waals surface area (Å²) in [5.74, 6) is 0.643. The maximum Gasteiger partial charge on any atom is 0.257 e. The van der Waals surface area contributed by atoms with E-state index in [0.29, 0.717) is 11.5 Å². The maximum atomic E-state index is 12.5. The van der Waals surface area contributed by atoms with Crippen molar-refractivity contribution in [3.8, 4) is 0 Å². The second kappa shape index (κ2) is 5.01. The fraction of sp³-hybridized carbons (Fsp3) is 0.429. The zero-order valence-corrected chi connectivity index (χ0v) is 10.8. The van der Waals surface area contributed by atoms with E-state index >= 15 is 0 Å². The number of fused-ring (bicyclic) bond motifs is 1. The van der Waals surface area contributed by atoms with Gasteiger partial charge in [-0.3, -0.25) is 4.79 Å². The van der Waals surface area contributed by atoms with Crippen molar-refractivity contribution in [2.24, 2.45) is 11.7 Å². The SMILES string of the molecule is NCC1CCN(C(=O)c2cnn3ccccc23)CC1. The summed E-state index contributed by atoms with van der Waals surface area (Å²) < 4.78 is 1.74. The molecule has 5 heteroatoms. The summed E-state index contributed by atoms with van der Waals surface area (Å²) in [5.41, 5.74) is 7.23. The molecule has 3 rings (SSSR count). The van der Waals surface area contributed by atoms with Crippen LogP contribution in [-0.4, -0.2) is 40.1 Å². The molecule has 0 aliphatic carbocycles. The third-order valence-electron chi connectivity index (χ3n) is 3.89. The van der Waals surface area contributed by atoms with Crippen molar-refractivity contribution < 1.29 is 4.79 Å². The lowest BCUT2D eigenvalue weighted by molar-refractivity contribution is 0.0695. The minimum Gasteiger partial charge on any atom is -0.339 e. The number of carbonyl (C=O) groups excluding carboxylic acids is 1. The second-order valence-corrected chi connectivity index (χ2v) is 5.06. The minimum atomic E-state index is 0.0803. The van der Waals surface area contributed by atoms with E-state index in [2.05, 4.69) is 5.10 Å². The standard InChI is InChI=1S/C14H18N4O/c15-9-11-4-7-17(8-5-11)14(19)12-10-16-18-6-2-1-3-13(12)18/h1-3,6,10-11H,4-5,7-9,15H2. The van der Waals surface area contributed by atoms with E-state index in [4.69, 9.17) is 5.73 Å². The number of nitrogens with zero attached hydrogens (tertiary/aromatic N) is 3. The highest BCUT2D eigenvalue weighted by Gasteiger charge is 2.24. The van der Waals surface area contributed by atoms with Crippen LogP contribution >= 0.6 is 0 Å². The highest BCUT2D eigenvalue weighted by atomic mass is 16.2. The van der Waals surface area contributed by atoms with Gasteiger partial charge in [-0.05, 0) is 37.4 Å². The van der Waals surface area contributed by atoms with Crippen molar-refractivity contribution >= 4 is 11.4 Å². The van der Waals surface area contributed by atoms with Crippen LogP contribution in [0.2, 0.25) is 0 Å². The molecule has 0 spiro atoms. The van der Waals surface area contributed by atoms with Crippen LogP contribution in [0.15, 0.2) is 30.6 Å². The summed E-state index contributed by atoms with van der Waals surface area (Å²) in [7, 11) is 0. The van der Waals surface area contributed by atoms with Gasteiger partial charge < -0.3 is 10.6 Å². The van der Waals surface area contributed by atoms with E-state index in [1.807, 2.05) is 29.3 Å². The Kier molecular flexibility index (Phi) is 3.21. The van der Waals surface area contributed by atoms with E-state index < -0.39 is 0 Å². The third kappa shape index (κ3) is 2.21. The van der Waals surface area contributed by atoms with Gasteiger partial charge in [0.1, 0.15) is 0 Å². The predicted octanol–water partition coefficient (Wildman–Crippen LogP) is 1.15. The lowest BCUT2D eigenvalue weighted by atomic mass is 9.97. The number of hydrogen-bond donors (Lipinski definition) is 1. The molecule has 0 radical (unpaired) electrons. The molecule has 1 aliphatic heterocycles. The van der Waals surface area contributed by atoms with E-state index in [-0.39, 0.29) is 5.91 Å². The Labute approximate surface area is 112 Å². The summed E-state index contributed by atoms with van der Waals surface area (Å²) >= 11 is 0. The normalized spacial score (nSPS) is 17.0. The van der Waals surface area contributed by atoms with Crippen LogP contribution in [0.4, 0.5) is 0 Å². The van der Waals surface area contributed by atoms with Crippen molar-refractivity contribution in [1.29, 1.82) is 0 Å². The molecule has 1 amide bonds. The average Bonchev–Trinajstić information content (AvgIpc) is 2.90. The van der Waals surface area contributed by atoms with Gasteiger partial charge in [0, 0.05) is 19.3 Å². The van der Waals surface area contributed by atoms with Crippen LogP contribution in [0, 0.1) is 5.92 Å². The molecular formula is C14H18N4O. The fourth-order valence-electron chi connectivity index (χ4n) is 2.64. The number of rotatable bonds is 2. The van der Waals surface area contributed by atoms with Gasteiger partial charge in [-0.25, -0.2) is 4.52 Å². The predicted molar refractivity (Wildman–Crippen MR) is 72.9 cm³/mol. The Bertz CT molecular complexity index is 584. The summed E-state index contributed by atoms with van der Waals surface area (Å²) in [6.45, 7) is 2.31. The van der Waals surface area contributed by atoms with Gasteiger partial charge in [-0.15, -0.1) is 0 Å². The van der Waals surface area contributed by atoms with E-state index in [1.165, 1.54) is 0 Å². The van der Waals surface area contributed by atoms with Crippen molar-refractivity contribution in [3.05, 3.63) is 36.2 Å². The van der Waals surface area contributed by atoms with Gasteiger partial charge >= 0.3 is 0 Å². The molecule has 100 valence electrons. The first-order chi connectivity index (χ1) is 9.29. The Morgan fingerprint density at radius 2 is 2.16 bits per heavy atom. The molecule has 0 bridgehead atoms. The van der Waals surface area contributed by atoms with Crippen LogP contribution in [-0.2, 0) is 0 Å². The molecule has 0 unspecified atom stereocenters. The number of pyridine rings is 1. The van der Waals surface area contributed by atoms with Crippen LogP contribution in [0.1, 0.15) is 23.2 Å². The summed E-state index contributed by atoms with van der Waals surface area (Å²) in [6, 6.07) is 5.75. The van der Waals surface area contributed by atoms with Crippen LogP contribution in [0.3, 0.4) is 0 Å². The number of piperidine rings is 1. The van der Waals surface area contributed by atoms with Gasteiger partial charge in [0.15, 0.2) is 0 Å². The van der Waals surface area contributed by atoms with Gasteiger partial charge in [0.25, 0.3) is 5.91 Å². The fourth-order valence-corrected chi connectivity index (χ4v) is 2.64. The maximum absolute atomic E-state index is 12.5. The molecule has 1 aliphatic rings. The monoisotopic (exact) mass is 258 g/mol. The number of aromatic nitrogens is 2. The zero-order valence-electron chi connectivity index (χ0n) is 10.8. The Balaban J connectivity index is 1.81. The molecule has 0 saturated carbocycles. The molecule has 2 N–H and O–H groups in total. The van der Waals surface area contributed by atoms with Crippen molar-refractivity contribution in [2.45, 2.75) is 12.8 Å². The molecule has 19 heavy (non-hydrogen) atoms. The largest absolute Gasteiger partial charge is 0.339 e. The molecule has 0 atom stereocenters. The van der Waals surface area contributed by atoms with Crippen molar-refractivity contribution in [1.82, 2.24) is 14.5 Å². The zero-order chi connectivity index (χ0) is 13.2. The van der Waals surface area contributed by atoms with Crippen LogP contribution in [0.25, 0.3) is 5.52 Å². The minimum absolute atomic E-state index is 0.0803. The van der Waals surface area contributed by atoms with Gasteiger partial charge in [-0.2, -0.15) is 5.10 Å². The van der Waals surface area contributed by atoms with Gasteiger partial charge in [0.2, 0.25) is 0 Å². The number of nitrogens with two attached hydrogens (primary N) is 1. The summed E-state index contributed by atoms with van der Waals surface area (Å²) in [4.78, 5) is 14.4. The first kappa shape index (κ1) is 12.2. The number of likely N-dealkylation sites (tertiary alicyclic amines) is 1.